The minimum atomic E-state index is -0.423. The van der Waals surface area contributed by atoms with Crippen molar-refractivity contribution in [3.05, 3.63) is 35.4 Å². The van der Waals surface area contributed by atoms with Crippen molar-refractivity contribution < 1.29 is 14.6 Å². The monoisotopic (exact) mass is 221 g/mol. The maximum atomic E-state index is 11.3. The number of hydrogen-bond donors (Lipinski definition) is 2. The van der Waals surface area contributed by atoms with Gasteiger partial charge < -0.3 is 15.6 Å². The minimum absolute atomic E-state index is 0.126. The zero-order valence-corrected chi connectivity index (χ0v) is 9.14. The highest BCUT2D eigenvalue weighted by atomic mass is 16.5. The van der Waals surface area contributed by atoms with Crippen molar-refractivity contribution in [1.82, 2.24) is 0 Å². The van der Waals surface area contributed by atoms with Crippen molar-refractivity contribution in [1.29, 1.82) is 0 Å². The summed E-state index contributed by atoms with van der Waals surface area (Å²) in [4.78, 5) is 11.3. The SMILES string of the molecule is COC(=O)c1ccc(O)c(C=CCCN)c1. The van der Waals surface area contributed by atoms with Gasteiger partial charge in [0.2, 0.25) is 0 Å². The van der Waals surface area contributed by atoms with Crippen LogP contribution in [0.15, 0.2) is 24.3 Å². The number of hydrogen-bond acceptors (Lipinski definition) is 4. The molecule has 16 heavy (non-hydrogen) atoms. The molecule has 3 N–H and O–H groups in total. The fraction of sp³-hybridized carbons (Fsp3) is 0.250. The predicted octanol–water partition coefficient (Wildman–Crippen LogP) is 1.54. The number of phenolic OH excluding ortho intramolecular Hbond substituents is 1. The van der Waals surface area contributed by atoms with E-state index < -0.39 is 5.97 Å². The van der Waals surface area contributed by atoms with Crippen LogP contribution in [0, 0.1) is 0 Å². The highest BCUT2D eigenvalue weighted by Gasteiger charge is 2.07. The Hall–Kier alpha value is -1.81. The van der Waals surface area contributed by atoms with Crippen LogP contribution in [0.1, 0.15) is 22.3 Å². The summed E-state index contributed by atoms with van der Waals surface area (Å²) in [6.45, 7) is 0.550. The van der Waals surface area contributed by atoms with Crippen molar-refractivity contribution >= 4 is 12.0 Å². The molecular weight excluding hydrogens is 206 g/mol. The number of phenols is 1. The van der Waals surface area contributed by atoms with Gasteiger partial charge in [0.25, 0.3) is 0 Å². The van der Waals surface area contributed by atoms with E-state index in [4.69, 9.17) is 5.73 Å². The van der Waals surface area contributed by atoms with Gasteiger partial charge in [0.05, 0.1) is 12.7 Å². The largest absolute Gasteiger partial charge is 0.507 e. The molecule has 1 aromatic carbocycles. The first-order chi connectivity index (χ1) is 7.69. The molecule has 0 aromatic heterocycles. The van der Waals surface area contributed by atoms with E-state index in [2.05, 4.69) is 4.74 Å². The third kappa shape index (κ3) is 3.10. The van der Waals surface area contributed by atoms with Crippen LogP contribution in [0.5, 0.6) is 5.75 Å². The number of benzene rings is 1. The maximum absolute atomic E-state index is 11.3. The second-order valence-corrected chi connectivity index (χ2v) is 3.24. The third-order valence-corrected chi connectivity index (χ3v) is 2.08. The van der Waals surface area contributed by atoms with Gasteiger partial charge >= 0.3 is 5.97 Å². The lowest BCUT2D eigenvalue weighted by Gasteiger charge is -2.03. The summed E-state index contributed by atoms with van der Waals surface area (Å²) >= 11 is 0. The van der Waals surface area contributed by atoms with Gasteiger partial charge in [-0.25, -0.2) is 4.79 Å². The van der Waals surface area contributed by atoms with E-state index in [9.17, 15) is 9.90 Å². The van der Waals surface area contributed by atoms with Crippen LogP contribution in [0.3, 0.4) is 0 Å². The van der Waals surface area contributed by atoms with Gasteiger partial charge in [0.15, 0.2) is 0 Å². The van der Waals surface area contributed by atoms with E-state index in [0.717, 1.165) is 6.42 Å². The fourth-order valence-electron chi connectivity index (χ4n) is 1.24. The van der Waals surface area contributed by atoms with E-state index in [1.165, 1.54) is 19.2 Å². The van der Waals surface area contributed by atoms with E-state index in [0.29, 0.717) is 17.7 Å². The summed E-state index contributed by atoms with van der Waals surface area (Å²) in [5.74, 6) is -0.297. The zero-order chi connectivity index (χ0) is 12.0. The highest BCUT2D eigenvalue weighted by Crippen LogP contribution is 2.20. The number of ether oxygens (including phenoxy) is 1. The van der Waals surface area contributed by atoms with Crippen molar-refractivity contribution in [2.24, 2.45) is 5.73 Å². The molecule has 0 heterocycles. The minimum Gasteiger partial charge on any atom is -0.507 e. The smallest absolute Gasteiger partial charge is 0.337 e. The van der Waals surface area contributed by atoms with Crippen LogP contribution in [0.4, 0.5) is 0 Å². The standard InChI is InChI=1S/C12H15NO3/c1-16-12(15)10-5-6-11(14)9(8-10)4-2-3-7-13/h2,4-6,8,14H,3,7,13H2,1H3. The van der Waals surface area contributed by atoms with Crippen LogP contribution in [-0.2, 0) is 4.74 Å². The Morgan fingerprint density at radius 1 is 1.56 bits per heavy atom. The first-order valence-corrected chi connectivity index (χ1v) is 4.97. The average Bonchev–Trinajstić information content (AvgIpc) is 2.31. The molecule has 86 valence electrons. The second-order valence-electron chi connectivity index (χ2n) is 3.24. The number of carbonyl (C=O) groups excluding carboxylic acids is 1. The molecule has 0 aliphatic carbocycles. The molecule has 1 rings (SSSR count). The van der Waals surface area contributed by atoms with Gasteiger partial charge in [0, 0.05) is 5.56 Å². The molecule has 0 spiro atoms. The summed E-state index contributed by atoms with van der Waals surface area (Å²) in [5.41, 5.74) is 6.33. The van der Waals surface area contributed by atoms with E-state index in [1.54, 1.807) is 12.1 Å². The van der Waals surface area contributed by atoms with Crippen LogP contribution in [-0.4, -0.2) is 24.7 Å². The second kappa shape index (κ2) is 5.92. The summed E-state index contributed by atoms with van der Waals surface area (Å²) in [7, 11) is 1.32. The summed E-state index contributed by atoms with van der Waals surface area (Å²) < 4.78 is 4.59. The Morgan fingerprint density at radius 2 is 2.31 bits per heavy atom. The molecule has 0 saturated heterocycles. The molecule has 0 fully saturated rings. The molecule has 0 radical (unpaired) electrons. The van der Waals surface area contributed by atoms with Crippen LogP contribution >= 0.6 is 0 Å². The van der Waals surface area contributed by atoms with Crippen molar-refractivity contribution in [3.8, 4) is 5.75 Å². The molecule has 4 nitrogen and oxygen atoms in total. The van der Waals surface area contributed by atoms with Crippen LogP contribution < -0.4 is 5.73 Å². The molecule has 0 atom stereocenters. The quantitative estimate of drug-likeness (QED) is 0.756. The topological polar surface area (TPSA) is 72.5 Å². The molecule has 1 aromatic rings. The molecule has 0 amide bonds. The Labute approximate surface area is 94.3 Å². The zero-order valence-electron chi connectivity index (χ0n) is 9.14. The van der Waals surface area contributed by atoms with Gasteiger partial charge in [-0.1, -0.05) is 12.2 Å². The molecular formula is C12H15NO3. The maximum Gasteiger partial charge on any atom is 0.337 e. The van der Waals surface area contributed by atoms with Crippen molar-refractivity contribution in [2.45, 2.75) is 6.42 Å². The van der Waals surface area contributed by atoms with Crippen molar-refractivity contribution in [3.63, 3.8) is 0 Å². The number of nitrogens with two attached hydrogens (primary N) is 1. The van der Waals surface area contributed by atoms with E-state index in [1.807, 2.05) is 6.08 Å². The Bertz CT molecular complexity index is 399. The molecule has 0 bridgehead atoms. The molecule has 0 aliphatic rings. The fourth-order valence-corrected chi connectivity index (χ4v) is 1.24. The average molecular weight is 221 g/mol. The van der Waals surface area contributed by atoms with Crippen molar-refractivity contribution in [2.75, 3.05) is 13.7 Å². The van der Waals surface area contributed by atoms with Gasteiger partial charge in [-0.15, -0.1) is 0 Å². The third-order valence-electron chi connectivity index (χ3n) is 2.08. The number of methoxy groups -OCH3 is 1. The van der Waals surface area contributed by atoms with Crippen LogP contribution in [0.25, 0.3) is 6.08 Å². The first kappa shape index (κ1) is 12.3. The summed E-state index contributed by atoms with van der Waals surface area (Å²) in [5, 5.41) is 9.55. The predicted molar refractivity (Wildman–Crippen MR) is 62.2 cm³/mol. The summed E-state index contributed by atoms with van der Waals surface area (Å²) in [6.07, 6.45) is 4.30. The molecule has 0 saturated carbocycles. The van der Waals surface area contributed by atoms with Gasteiger partial charge in [-0.3, -0.25) is 0 Å². The Morgan fingerprint density at radius 3 is 2.94 bits per heavy atom. The summed E-state index contributed by atoms with van der Waals surface area (Å²) in [6, 6.07) is 4.56. The van der Waals surface area contributed by atoms with E-state index in [-0.39, 0.29) is 5.75 Å². The molecule has 4 heteroatoms. The Balaban J connectivity index is 2.94. The van der Waals surface area contributed by atoms with Gasteiger partial charge in [-0.05, 0) is 31.2 Å². The van der Waals surface area contributed by atoms with E-state index >= 15 is 0 Å². The number of carbonyl (C=O) groups is 1. The normalized spacial score (nSPS) is 10.6. The Kier molecular flexibility index (Phi) is 4.54. The number of aromatic hydroxyl groups is 1. The molecule has 0 aliphatic heterocycles. The number of rotatable bonds is 4. The van der Waals surface area contributed by atoms with Gasteiger partial charge in [0.1, 0.15) is 5.75 Å². The lowest BCUT2D eigenvalue weighted by Crippen LogP contribution is -2.01. The van der Waals surface area contributed by atoms with Crippen LogP contribution in [0.2, 0.25) is 0 Å². The lowest BCUT2D eigenvalue weighted by atomic mass is 10.1. The first-order valence-electron chi connectivity index (χ1n) is 4.97. The number of esters is 1. The highest BCUT2D eigenvalue weighted by molar-refractivity contribution is 5.90. The van der Waals surface area contributed by atoms with Gasteiger partial charge in [-0.2, -0.15) is 0 Å². The molecule has 0 unspecified atom stereocenters. The lowest BCUT2D eigenvalue weighted by molar-refractivity contribution is 0.0600.